The van der Waals surface area contributed by atoms with Gasteiger partial charge in [0.25, 0.3) is 5.91 Å². The molecule has 11 nitrogen and oxygen atoms in total. The summed E-state index contributed by atoms with van der Waals surface area (Å²) in [5.74, 6) is 6.56. The lowest BCUT2D eigenvalue weighted by Gasteiger charge is -2.16. The summed E-state index contributed by atoms with van der Waals surface area (Å²) in [7, 11) is 1.82. The second-order valence-corrected chi connectivity index (χ2v) is 9.86. The highest BCUT2D eigenvalue weighted by molar-refractivity contribution is 8.04. The van der Waals surface area contributed by atoms with Gasteiger partial charge in [-0.25, -0.2) is 0 Å². The first-order valence-corrected chi connectivity index (χ1v) is 14.6. The first kappa shape index (κ1) is 36.2. The number of amides is 2. The molecule has 0 unspecified atom stereocenters. The van der Waals surface area contributed by atoms with E-state index in [1.807, 2.05) is 26.3 Å². The molecule has 1 atom stereocenters. The van der Waals surface area contributed by atoms with Crippen molar-refractivity contribution in [2.24, 2.45) is 5.92 Å². The number of hydrogen-bond donors (Lipinski definition) is 3. The number of nitrogens with one attached hydrogen (secondary N) is 3. The first-order chi connectivity index (χ1) is 20.0. The van der Waals surface area contributed by atoms with Crippen LogP contribution in [0.1, 0.15) is 37.0 Å². The van der Waals surface area contributed by atoms with Gasteiger partial charge >= 0.3 is 0 Å². The van der Waals surface area contributed by atoms with Crippen LogP contribution in [0.5, 0.6) is 5.75 Å². The third kappa shape index (κ3) is 20.7. The molecule has 0 aromatic heterocycles. The summed E-state index contributed by atoms with van der Waals surface area (Å²) in [6.45, 7) is 8.53. The van der Waals surface area contributed by atoms with Crippen molar-refractivity contribution in [3.8, 4) is 23.0 Å². The highest BCUT2D eigenvalue weighted by Crippen LogP contribution is 2.17. The summed E-state index contributed by atoms with van der Waals surface area (Å²) >= 11 is 0.956. The third-order valence-electron chi connectivity index (χ3n) is 5.06. The summed E-state index contributed by atoms with van der Waals surface area (Å²) < 4.78 is 27.8. The zero-order valence-corrected chi connectivity index (χ0v) is 25.2. The van der Waals surface area contributed by atoms with E-state index in [4.69, 9.17) is 28.9 Å². The Morgan fingerprint density at radius 1 is 0.976 bits per heavy atom. The standard InChI is InChI=1S/C29H44N4O7S/c1-24(2)7-5-14-36-16-13-32-27(34)10-6-15-37-17-18-38-19-20-39-28(41-23-30)22-40-26-9-4-8-25(21-26)29(35)33-12-11-31-3/h4,8-9,21,24,28,31H,6,10-20,22H2,1-3H3,(H,32,34)(H,33,35)/t28-/m0/s1. The maximum Gasteiger partial charge on any atom is 0.251 e. The van der Waals surface area contributed by atoms with Crippen molar-refractivity contribution in [2.75, 3.05) is 79.5 Å². The molecule has 0 aliphatic rings. The largest absolute Gasteiger partial charge is 0.490 e. The number of ether oxygens (including phenoxy) is 5. The van der Waals surface area contributed by atoms with E-state index in [-0.39, 0.29) is 25.0 Å². The van der Waals surface area contributed by atoms with Gasteiger partial charge in [0.05, 0.1) is 33.0 Å². The van der Waals surface area contributed by atoms with E-state index >= 15 is 0 Å². The Morgan fingerprint density at radius 3 is 2.51 bits per heavy atom. The van der Waals surface area contributed by atoms with Crippen LogP contribution >= 0.6 is 11.8 Å². The van der Waals surface area contributed by atoms with Gasteiger partial charge in [0.2, 0.25) is 5.91 Å². The smallest absolute Gasteiger partial charge is 0.251 e. The summed E-state index contributed by atoms with van der Waals surface area (Å²) in [4.78, 5) is 24.0. The van der Waals surface area contributed by atoms with Crippen molar-refractivity contribution >= 4 is 23.6 Å². The molecule has 228 valence electrons. The molecule has 1 aromatic rings. The summed E-state index contributed by atoms with van der Waals surface area (Å²) in [5, 5.41) is 19.7. The van der Waals surface area contributed by atoms with Gasteiger partial charge in [-0.05, 0) is 43.4 Å². The van der Waals surface area contributed by atoms with Crippen LogP contribution in [0.15, 0.2) is 24.3 Å². The molecular formula is C29H44N4O7S. The number of carbonyl (C=O) groups is 2. The minimum Gasteiger partial charge on any atom is -0.490 e. The molecule has 2 amide bonds. The van der Waals surface area contributed by atoms with E-state index in [0.717, 1.165) is 11.8 Å². The molecule has 12 heteroatoms. The highest BCUT2D eigenvalue weighted by Gasteiger charge is 2.12. The second-order valence-electron chi connectivity index (χ2n) is 8.91. The maximum absolute atomic E-state index is 12.2. The fraction of sp³-hybridized carbons (Fsp3) is 0.621. The van der Waals surface area contributed by atoms with Crippen LogP contribution in [0.3, 0.4) is 0 Å². The van der Waals surface area contributed by atoms with Gasteiger partial charge in [-0.15, -0.1) is 0 Å². The molecule has 0 radical (unpaired) electrons. The Kier molecular flexibility index (Phi) is 22.0. The van der Waals surface area contributed by atoms with Crippen LogP contribution < -0.4 is 20.7 Å². The van der Waals surface area contributed by atoms with E-state index in [0.29, 0.717) is 89.3 Å². The monoisotopic (exact) mass is 592 g/mol. The van der Waals surface area contributed by atoms with Crippen molar-refractivity contribution in [1.29, 1.82) is 5.26 Å². The molecule has 0 spiro atoms. The van der Waals surface area contributed by atoms with Crippen LogP contribution in [0, 0.1) is 28.4 Å². The van der Waals surface area contributed by atoms with Gasteiger partial charge in [0, 0.05) is 44.1 Å². The molecule has 0 saturated heterocycles. The van der Waals surface area contributed by atoms with Crippen LogP contribution in [-0.4, -0.2) is 96.8 Å². The predicted molar refractivity (Wildman–Crippen MR) is 158 cm³/mol. The van der Waals surface area contributed by atoms with Crippen LogP contribution in [0.4, 0.5) is 0 Å². The SMILES string of the molecule is CNCCNC(=O)c1cccc(OC[C@@H](OCCOCCOCCCC(=O)NCCOCC#CC(C)C)SC#N)c1. The number of nitriles is 1. The number of carbonyl (C=O) groups excluding carboxylic acids is 2. The maximum atomic E-state index is 12.2. The van der Waals surface area contributed by atoms with Gasteiger partial charge in [-0.3, -0.25) is 9.59 Å². The summed E-state index contributed by atoms with van der Waals surface area (Å²) in [5.41, 5.74) is -0.0171. The third-order valence-corrected chi connectivity index (χ3v) is 5.70. The number of benzene rings is 1. The first-order valence-electron chi connectivity index (χ1n) is 13.8. The summed E-state index contributed by atoms with van der Waals surface area (Å²) in [6, 6.07) is 6.85. The number of thioether (sulfide) groups is 1. The predicted octanol–water partition coefficient (Wildman–Crippen LogP) is 2.18. The summed E-state index contributed by atoms with van der Waals surface area (Å²) in [6.07, 6.45) is 1.00. The quantitative estimate of drug-likeness (QED) is 0.0750. The number of nitrogens with zero attached hydrogens (tertiary/aromatic N) is 1. The molecule has 1 aromatic carbocycles. The fourth-order valence-corrected chi connectivity index (χ4v) is 3.50. The van der Waals surface area contributed by atoms with Crippen LogP contribution in [-0.2, 0) is 23.7 Å². The molecule has 0 heterocycles. The lowest BCUT2D eigenvalue weighted by molar-refractivity contribution is -0.121. The van der Waals surface area contributed by atoms with Crippen molar-refractivity contribution in [3.05, 3.63) is 29.8 Å². The molecule has 0 fully saturated rings. The van der Waals surface area contributed by atoms with Crippen LogP contribution in [0.2, 0.25) is 0 Å². The Balaban J connectivity index is 2.08. The molecule has 3 N–H and O–H groups in total. The number of thiocyanates is 1. The second kappa shape index (κ2) is 24.9. The Hall–Kier alpha value is -2.84. The van der Waals surface area contributed by atoms with Gasteiger partial charge in [0.1, 0.15) is 24.4 Å². The van der Waals surface area contributed by atoms with Crippen LogP contribution in [0.25, 0.3) is 0 Å². The lowest BCUT2D eigenvalue weighted by atomic mass is 10.2. The molecular weight excluding hydrogens is 548 g/mol. The zero-order valence-electron chi connectivity index (χ0n) is 24.4. The average Bonchev–Trinajstić information content (AvgIpc) is 2.96. The minimum atomic E-state index is -0.510. The average molecular weight is 593 g/mol. The topological polar surface area (TPSA) is 140 Å². The molecule has 0 saturated carbocycles. The Bertz CT molecular complexity index is 962. The Labute approximate surface area is 248 Å². The van der Waals surface area contributed by atoms with E-state index in [1.54, 1.807) is 24.3 Å². The molecule has 41 heavy (non-hydrogen) atoms. The molecule has 1 rings (SSSR count). The van der Waals surface area contributed by atoms with E-state index < -0.39 is 5.44 Å². The Morgan fingerprint density at radius 2 is 1.76 bits per heavy atom. The highest BCUT2D eigenvalue weighted by atomic mass is 32.2. The van der Waals surface area contributed by atoms with E-state index in [9.17, 15) is 9.59 Å². The van der Waals surface area contributed by atoms with Crippen molar-refractivity contribution in [2.45, 2.75) is 32.1 Å². The van der Waals surface area contributed by atoms with Gasteiger partial charge in [0.15, 0.2) is 5.44 Å². The van der Waals surface area contributed by atoms with E-state index in [2.05, 4.69) is 27.8 Å². The molecule has 0 bridgehead atoms. The zero-order chi connectivity index (χ0) is 30.0. The fourth-order valence-electron chi connectivity index (χ4n) is 3.08. The van der Waals surface area contributed by atoms with Crippen molar-refractivity contribution < 1.29 is 33.3 Å². The van der Waals surface area contributed by atoms with Gasteiger partial charge < -0.3 is 39.6 Å². The normalized spacial score (nSPS) is 11.3. The number of likely N-dealkylation sites (N-methyl/N-ethyl adjacent to an activating group) is 1. The number of rotatable bonds is 23. The molecule has 0 aliphatic heterocycles. The molecule has 0 aliphatic carbocycles. The van der Waals surface area contributed by atoms with Gasteiger partial charge in [-0.2, -0.15) is 5.26 Å². The number of hydrogen-bond acceptors (Lipinski definition) is 10. The lowest BCUT2D eigenvalue weighted by Crippen LogP contribution is -2.30. The van der Waals surface area contributed by atoms with Crippen molar-refractivity contribution in [3.63, 3.8) is 0 Å². The van der Waals surface area contributed by atoms with Gasteiger partial charge in [-0.1, -0.05) is 31.8 Å². The van der Waals surface area contributed by atoms with Crippen molar-refractivity contribution in [1.82, 2.24) is 16.0 Å². The van der Waals surface area contributed by atoms with E-state index in [1.165, 1.54) is 0 Å². The minimum absolute atomic E-state index is 0.0361.